The van der Waals surface area contributed by atoms with Crippen LogP contribution in [0.4, 0.5) is 0 Å². The van der Waals surface area contributed by atoms with Crippen LogP contribution in [0, 0.1) is 13.8 Å². The quantitative estimate of drug-likeness (QED) is 0.494. The van der Waals surface area contributed by atoms with E-state index in [0.717, 1.165) is 21.9 Å². The highest BCUT2D eigenvalue weighted by Crippen LogP contribution is 2.37. The summed E-state index contributed by atoms with van der Waals surface area (Å²) in [6, 6.07) is 10.5. The molecule has 0 saturated heterocycles. The van der Waals surface area contributed by atoms with Crippen LogP contribution in [0.5, 0.6) is 0 Å². The number of hydrogen-bond acceptors (Lipinski definition) is 2. The SMILES string of the molecule is Cc1ccc(-c2c(C)ccc3oc4cnccc4c23)[n+](C)c1. The van der Waals surface area contributed by atoms with Crippen LogP contribution in [0.2, 0.25) is 0 Å². The number of benzene rings is 1. The molecule has 0 aliphatic carbocycles. The lowest BCUT2D eigenvalue weighted by molar-refractivity contribution is -0.660. The van der Waals surface area contributed by atoms with Crippen molar-refractivity contribution in [2.45, 2.75) is 13.8 Å². The Hall–Kier alpha value is -2.68. The van der Waals surface area contributed by atoms with Crippen LogP contribution in [0.1, 0.15) is 11.1 Å². The second-order valence-corrected chi connectivity index (χ2v) is 5.81. The Morgan fingerprint density at radius 1 is 1.00 bits per heavy atom. The summed E-state index contributed by atoms with van der Waals surface area (Å²) in [5.74, 6) is 0. The van der Waals surface area contributed by atoms with Gasteiger partial charge >= 0.3 is 0 Å². The molecular formula is C19H17N2O+. The van der Waals surface area contributed by atoms with E-state index < -0.39 is 0 Å². The summed E-state index contributed by atoms with van der Waals surface area (Å²) in [5.41, 5.74) is 6.64. The summed E-state index contributed by atoms with van der Waals surface area (Å²) >= 11 is 0. The third-order valence-electron chi connectivity index (χ3n) is 4.19. The van der Waals surface area contributed by atoms with E-state index in [-0.39, 0.29) is 0 Å². The Labute approximate surface area is 128 Å². The van der Waals surface area contributed by atoms with Crippen LogP contribution >= 0.6 is 0 Å². The fourth-order valence-electron chi connectivity index (χ4n) is 3.16. The number of aryl methyl sites for hydroxylation is 3. The Balaban J connectivity index is 2.18. The second kappa shape index (κ2) is 4.67. The predicted molar refractivity (Wildman–Crippen MR) is 87.6 cm³/mol. The van der Waals surface area contributed by atoms with Crippen molar-refractivity contribution in [3.05, 3.63) is 60.0 Å². The smallest absolute Gasteiger partial charge is 0.213 e. The first-order valence-corrected chi connectivity index (χ1v) is 7.37. The molecule has 0 aliphatic heterocycles. The third kappa shape index (κ3) is 1.82. The zero-order valence-electron chi connectivity index (χ0n) is 12.9. The monoisotopic (exact) mass is 289 g/mol. The molecule has 0 amide bonds. The lowest BCUT2D eigenvalue weighted by Crippen LogP contribution is -2.31. The van der Waals surface area contributed by atoms with Crippen molar-refractivity contribution in [1.82, 2.24) is 4.98 Å². The lowest BCUT2D eigenvalue weighted by Gasteiger charge is -2.06. The van der Waals surface area contributed by atoms with Gasteiger partial charge in [0.25, 0.3) is 0 Å². The van der Waals surface area contributed by atoms with E-state index in [4.69, 9.17) is 4.42 Å². The van der Waals surface area contributed by atoms with Gasteiger partial charge in [0.2, 0.25) is 5.69 Å². The Morgan fingerprint density at radius 2 is 1.86 bits per heavy atom. The Morgan fingerprint density at radius 3 is 2.68 bits per heavy atom. The molecule has 0 N–H and O–H groups in total. The second-order valence-electron chi connectivity index (χ2n) is 5.81. The van der Waals surface area contributed by atoms with Gasteiger partial charge in [0.05, 0.1) is 11.8 Å². The third-order valence-corrected chi connectivity index (χ3v) is 4.19. The van der Waals surface area contributed by atoms with Crippen LogP contribution in [-0.4, -0.2) is 4.98 Å². The van der Waals surface area contributed by atoms with Crippen LogP contribution in [0.3, 0.4) is 0 Å². The molecule has 3 heteroatoms. The first-order chi connectivity index (χ1) is 10.6. The zero-order valence-corrected chi connectivity index (χ0v) is 12.9. The number of aromatic nitrogens is 2. The average molecular weight is 289 g/mol. The number of fused-ring (bicyclic) bond motifs is 3. The molecule has 4 aromatic rings. The van der Waals surface area contributed by atoms with E-state index in [9.17, 15) is 0 Å². The molecule has 4 rings (SSSR count). The summed E-state index contributed by atoms with van der Waals surface area (Å²) in [7, 11) is 2.09. The molecule has 1 aromatic carbocycles. The molecule has 0 radical (unpaired) electrons. The van der Waals surface area contributed by atoms with Gasteiger partial charge in [-0.1, -0.05) is 6.07 Å². The molecule has 0 fully saturated rings. The van der Waals surface area contributed by atoms with Crippen LogP contribution in [0.15, 0.2) is 53.3 Å². The van der Waals surface area contributed by atoms with Crippen molar-refractivity contribution in [2.75, 3.05) is 0 Å². The largest absolute Gasteiger partial charge is 0.454 e. The molecule has 0 saturated carbocycles. The van der Waals surface area contributed by atoms with E-state index in [1.807, 2.05) is 18.3 Å². The van der Waals surface area contributed by atoms with Crippen molar-refractivity contribution < 1.29 is 8.98 Å². The van der Waals surface area contributed by atoms with Gasteiger partial charge in [0, 0.05) is 28.6 Å². The van der Waals surface area contributed by atoms with E-state index >= 15 is 0 Å². The first-order valence-electron chi connectivity index (χ1n) is 7.37. The van der Waals surface area contributed by atoms with Crippen molar-refractivity contribution >= 4 is 21.9 Å². The maximum absolute atomic E-state index is 5.96. The van der Waals surface area contributed by atoms with Crippen LogP contribution in [0.25, 0.3) is 33.2 Å². The molecule has 0 atom stereocenters. The number of nitrogens with zero attached hydrogens (tertiary/aromatic N) is 2. The van der Waals surface area contributed by atoms with Crippen molar-refractivity contribution in [2.24, 2.45) is 7.05 Å². The number of rotatable bonds is 1. The predicted octanol–water partition coefficient (Wildman–Crippen LogP) is 4.09. The van der Waals surface area contributed by atoms with E-state index in [1.165, 1.54) is 22.4 Å². The fourth-order valence-corrected chi connectivity index (χ4v) is 3.16. The van der Waals surface area contributed by atoms with Crippen LogP contribution < -0.4 is 4.57 Å². The highest BCUT2D eigenvalue weighted by atomic mass is 16.3. The minimum atomic E-state index is 0.833. The van der Waals surface area contributed by atoms with Gasteiger partial charge in [0.15, 0.2) is 11.8 Å². The molecular weight excluding hydrogens is 272 g/mol. The molecule has 3 nitrogen and oxygen atoms in total. The maximum atomic E-state index is 5.96. The first kappa shape index (κ1) is 13.0. The van der Waals surface area contributed by atoms with Gasteiger partial charge in [-0.25, -0.2) is 4.57 Å². The standard InChI is InChI=1S/C19H17N2O/c1-12-4-6-15(21(3)11-12)18-13(2)5-7-16-19(18)14-8-9-20-10-17(14)22-16/h4-11H,1-3H3/q+1. The molecule has 3 aromatic heterocycles. The van der Waals surface area contributed by atoms with E-state index in [0.29, 0.717) is 0 Å². The minimum Gasteiger partial charge on any atom is -0.454 e. The number of furan rings is 1. The maximum Gasteiger partial charge on any atom is 0.213 e. The van der Waals surface area contributed by atoms with Gasteiger partial charge in [-0.2, -0.15) is 0 Å². The van der Waals surface area contributed by atoms with Crippen molar-refractivity contribution in [3.63, 3.8) is 0 Å². The molecule has 0 bridgehead atoms. The molecule has 0 spiro atoms. The minimum absolute atomic E-state index is 0.833. The lowest BCUT2D eigenvalue weighted by atomic mass is 9.98. The fraction of sp³-hybridized carbons (Fsp3) is 0.158. The van der Waals surface area contributed by atoms with E-state index in [1.54, 1.807) is 6.20 Å². The number of hydrogen-bond donors (Lipinski definition) is 0. The highest BCUT2D eigenvalue weighted by molar-refractivity contribution is 6.12. The Kier molecular flexibility index (Phi) is 2.76. The summed E-state index contributed by atoms with van der Waals surface area (Å²) in [5, 5.41) is 2.28. The van der Waals surface area contributed by atoms with Crippen LogP contribution in [-0.2, 0) is 7.05 Å². The summed E-state index contributed by atoms with van der Waals surface area (Å²) in [6.45, 7) is 4.25. The molecule has 0 aliphatic rings. The normalized spacial score (nSPS) is 11.4. The summed E-state index contributed by atoms with van der Waals surface area (Å²) in [6.07, 6.45) is 5.75. The highest BCUT2D eigenvalue weighted by Gasteiger charge is 2.20. The zero-order chi connectivity index (χ0) is 15.3. The molecule has 3 heterocycles. The topological polar surface area (TPSA) is 29.9 Å². The molecule has 108 valence electrons. The average Bonchev–Trinajstić information content (AvgIpc) is 2.87. The van der Waals surface area contributed by atoms with Crippen molar-refractivity contribution in [1.29, 1.82) is 0 Å². The summed E-state index contributed by atoms with van der Waals surface area (Å²) in [4.78, 5) is 4.16. The van der Waals surface area contributed by atoms with Gasteiger partial charge < -0.3 is 4.42 Å². The molecule has 22 heavy (non-hydrogen) atoms. The van der Waals surface area contributed by atoms with Gasteiger partial charge in [-0.05, 0) is 37.6 Å². The summed E-state index contributed by atoms with van der Waals surface area (Å²) < 4.78 is 8.14. The van der Waals surface area contributed by atoms with Gasteiger partial charge in [-0.3, -0.25) is 4.98 Å². The Bertz CT molecular complexity index is 1010. The molecule has 0 unspecified atom stereocenters. The van der Waals surface area contributed by atoms with Gasteiger partial charge in [-0.15, -0.1) is 0 Å². The van der Waals surface area contributed by atoms with Crippen molar-refractivity contribution in [3.8, 4) is 11.3 Å². The van der Waals surface area contributed by atoms with Gasteiger partial charge in [0.1, 0.15) is 12.6 Å². The number of pyridine rings is 2. The van der Waals surface area contributed by atoms with E-state index in [2.05, 4.69) is 54.8 Å².